The van der Waals surface area contributed by atoms with Crippen molar-refractivity contribution < 1.29 is 17.9 Å². The molecule has 2 aromatic rings. The Bertz CT molecular complexity index is 914. The molecule has 0 aliphatic carbocycles. The molecule has 1 heterocycles. The van der Waals surface area contributed by atoms with Crippen LogP contribution in [0.25, 0.3) is 0 Å². The van der Waals surface area contributed by atoms with Crippen molar-refractivity contribution in [2.24, 2.45) is 0 Å². The van der Waals surface area contributed by atoms with E-state index in [1.165, 1.54) is 9.87 Å². The van der Waals surface area contributed by atoms with Crippen molar-refractivity contribution in [1.82, 2.24) is 9.62 Å². The van der Waals surface area contributed by atoms with Gasteiger partial charge in [-0.25, -0.2) is 8.42 Å². The summed E-state index contributed by atoms with van der Waals surface area (Å²) in [5, 5.41) is 2.95. The number of amides is 1. The summed E-state index contributed by atoms with van der Waals surface area (Å²) in [5.74, 6) is 0.518. The highest BCUT2D eigenvalue weighted by molar-refractivity contribution is 7.89. The standard InChI is InChI=1S/C23H30N2O4S/c1-29-21-12-14-22(15-13-21)30(27,28)25-17-6-5-11-20(25)18-23(26)24-16-7-10-19-8-3-2-4-9-19/h2-4,8-9,12-15,20H,5-7,10-11,16-18H2,1H3,(H,24,26)/t20-/m1/s1. The van der Waals surface area contributed by atoms with E-state index in [0.717, 1.165) is 25.7 Å². The van der Waals surface area contributed by atoms with Crippen molar-refractivity contribution in [2.45, 2.75) is 49.5 Å². The molecule has 2 aromatic carbocycles. The Morgan fingerprint density at radius 2 is 1.83 bits per heavy atom. The normalized spacial score (nSPS) is 17.4. The Kier molecular flexibility index (Phi) is 7.87. The van der Waals surface area contributed by atoms with Crippen molar-refractivity contribution in [2.75, 3.05) is 20.2 Å². The van der Waals surface area contributed by atoms with Gasteiger partial charge in [0.25, 0.3) is 0 Å². The van der Waals surface area contributed by atoms with Gasteiger partial charge in [-0.05, 0) is 55.5 Å². The molecule has 1 N–H and O–H groups in total. The molecular weight excluding hydrogens is 400 g/mol. The second kappa shape index (κ2) is 10.6. The van der Waals surface area contributed by atoms with Gasteiger partial charge >= 0.3 is 0 Å². The van der Waals surface area contributed by atoms with Gasteiger partial charge in [0.1, 0.15) is 5.75 Å². The first-order chi connectivity index (χ1) is 14.5. The number of ether oxygens (including phenoxy) is 1. The van der Waals surface area contributed by atoms with Crippen LogP contribution < -0.4 is 10.1 Å². The maximum absolute atomic E-state index is 13.1. The highest BCUT2D eigenvalue weighted by Gasteiger charge is 2.34. The number of rotatable bonds is 9. The molecule has 1 saturated heterocycles. The van der Waals surface area contributed by atoms with Crippen LogP contribution in [0.5, 0.6) is 5.75 Å². The second-order valence-corrected chi connectivity index (χ2v) is 9.47. The van der Waals surface area contributed by atoms with Gasteiger partial charge in [0.2, 0.25) is 15.9 Å². The fourth-order valence-electron chi connectivity index (χ4n) is 3.83. The number of hydrogen-bond donors (Lipinski definition) is 1. The molecule has 3 rings (SSSR count). The zero-order valence-corrected chi connectivity index (χ0v) is 18.2. The molecule has 1 amide bonds. The van der Waals surface area contributed by atoms with Crippen molar-refractivity contribution in [3.8, 4) is 5.75 Å². The van der Waals surface area contributed by atoms with E-state index < -0.39 is 10.0 Å². The van der Waals surface area contributed by atoms with Crippen LogP contribution in [0.15, 0.2) is 59.5 Å². The predicted molar refractivity (Wildman–Crippen MR) is 117 cm³/mol. The van der Waals surface area contributed by atoms with E-state index in [1.54, 1.807) is 31.4 Å². The average Bonchev–Trinajstić information content (AvgIpc) is 2.78. The van der Waals surface area contributed by atoms with Gasteiger partial charge in [-0.2, -0.15) is 4.31 Å². The van der Waals surface area contributed by atoms with Crippen LogP contribution >= 0.6 is 0 Å². The van der Waals surface area contributed by atoms with Crippen molar-refractivity contribution in [3.05, 3.63) is 60.2 Å². The quantitative estimate of drug-likeness (QED) is 0.619. The van der Waals surface area contributed by atoms with E-state index in [-0.39, 0.29) is 23.3 Å². The number of hydrogen-bond acceptors (Lipinski definition) is 4. The smallest absolute Gasteiger partial charge is 0.243 e. The van der Waals surface area contributed by atoms with Crippen LogP contribution in [0.2, 0.25) is 0 Å². The van der Waals surface area contributed by atoms with E-state index >= 15 is 0 Å². The minimum Gasteiger partial charge on any atom is -0.497 e. The third-order valence-corrected chi connectivity index (χ3v) is 7.43. The van der Waals surface area contributed by atoms with Crippen molar-refractivity contribution in [1.29, 1.82) is 0 Å². The molecule has 1 fully saturated rings. The summed E-state index contributed by atoms with van der Waals surface area (Å²) < 4.78 is 32.9. The van der Waals surface area contributed by atoms with Crippen LogP contribution in [0.1, 0.15) is 37.7 Å². The molecule has 0 saturated carbocycles. The van der Waals surface area contributed by atoms with Crippen LogP contribution in [0, 0.1) is 0 Å². The number of piperidine rings is 1. The van der Waals surface area contributed by atoms with Gasteiger partial charge in [0, 0.05) is 25.6 Å². The maximum atomic E-state index is 13.1. The SMILES string of the molecule is COc1ccc(S(=O)(=O)N2CCCC[C@@H]2CC(=O)NCCCc2ccccc2)cc1. The van der Waals surface area contributed by atoms with E-state index in [4.69, 9.17) is 4.74 Å². The van der Waals surface area contributed by atoms with Gasteiger partial charge in [-0.3, -0.25) is 4.79 Å². The summed E-state index contributed by atoms with van der Waals surface area (Å²) in [5.41, 5.74) is 1.25. The molecular formula is C23H30N2O4S. The molecule has 0 radical (unpaired) electrons. The molecule has 1 aliphatic heterocycles. The van der Waals surface area contributed by atoms with E-state index in [2.05, 4.69) is 17.4 Å². The molecule has 7 heteroatoms. The number of carbonyl (C=O) groups excluding carboxylic acids is 1. The number of nitrogens with one attached hydrogen (secondary N) is 1. The first kappa shape index (κ1) is 22.3. The number of methoxy groups -OCH3 is 1. The molecule has 162 valence electrons. The number of benzene rings is 2. The summed E-state index contributed by atoms with van der Waals surface area (Å²) in [6.45, 7) is 1.03. The molecule has 1 atom stereocenters. The van der Waals surface area contributed by atoms with Gasteiger partial charge in [0.05, 0.1) is 12.0 Å². The minimum absolute atomic E-state index is 0.0927. The van der Waals surface area contributed by atoms with Crippen molar-refractivity contribution >= 4 is 15.9 Å². The molecule has 0 bridgehead atoms. The predicted octanol–water partition coefficient (Wildman–Crippen LogP) is 3.38. The first-order valence-corrected chi connectivity index (χ1v) is 11.9. The topological polar surface area (TPSA) is 75.7 Å². The number of aryl methyl sites for hydroxylation is 1. The Labute approximate surface area is 179 Å². The molecule has 0 spiro atoms. The van der Waals surface area contributed by atoms with Crippen molar-refractivity contribution in [3.63, 3.8) is 0 Å². The molecule has 0 unspecified atom stereocenters. The lowest BCUT2D eigenvalue weighted by Crippen LogP contribution is -2.46. The zero-order chi connectivity index (χ0) is 21.4. The van der Waals surface area contributed by atoms with E-state index in [9.17, 15) is 13.2 Å². The van der Waals surface area contributed by atoms with E-state index in [1.807, 2.05) is 18.2 Å². The average molecular weight is 431 g/mol. The van der Waals surface area contributed by atoms with Gasteiger partial charge < -0.3 is 10.1 Å². The fraction of sp³-hybridized carbons (Fsp3) is 0.435. The second-order valence-electron chi connectivity index (χ2n) is 7.58. The highest BCUT2D eigenvalue weighted by Crippen LogP contribution is 2.28. The summed E-state index contributed by atoms with van der Waals surface area (Å²) >= 11 is 0. The van der Waals surface area contributed by atoms with E-state index in [0.29, 0.717) is 25.3 Å². The van der Waals surface area contributed by atoms with Crippen LogP contribution in [-0.2, 0) is 21.2 Å². The Balaban J connectivity index is 1.56. The summed E-state index contributed by atoms with van der Waals surface area (Å²) in [6.07, 6.45) is 4.40. The number of sulfonamides is 1. The molecule has 6 nitrogen and oxygen atoms in total. The van der Waals surface area contributed by atoms with Gasteiger partial charge in [0.15, 0.2) is 0 Å². The monoisotopic (exact) mass is 430 g/mol. The highest BCUT2D eigenvalue weighted by atomic mass is 32.2. The fourth-order valence-corrected chi connectivity index (χ4v) is 5.52. The number of nitrogens with zero attached hydrogens (tertiary/aromatic N) is 1. The molecule has 30 heavy (non-hydrogen) atoms. The van der Waals surface area contributed by atoms with Crippen LogP contribution in [0.3, 0.4) is 0 Å². The maximum Gasteiger partial charge on any atom is 0.243 e. The summed E-state index contributed by atoms with van der Waals surface area (Å²) in [7, 11) is -2.10. The lowest BCUT2D eigenvalue weighted by atomic mass is 10.0. The third-order valence-electron chi connectivity index (χ3n) is 5.47. The summed E-state index contributed by atoms with van der Waals surface area (Å²) in [6, 6.07) is 16.3. The van der Waals surface area contributed by atoms with Crippen LogP contribution in [-0.4, -0.2) is 44.9 Å². The summed E-state index contributed by atoms with van der Waals surface area (Å²) in [4.78, 5) is 12.7. The van der Waals surface area contributed by atoms with Gasteiger partial charge in [-0.1, -0.05) is 36.8 Å². The number of carbonyl (C=O) groups is 1. The zero-order valence-electron chi connectivity index (χ0n) is 17.4. The molecule has 0 aromatic heterocycles. The Morgan fingerprint density at radius 1 is 1.10 bits per heavy atom. The Morgan fingerprint density at radius 3 is 2.53 bits per heavy atom. The largest absolute Gasteiger partial charge is 0.497 e. The first-order valence-electron chi connectivity index (χ1n) is 10.5. The van der Waals surface area contributed by atoms with Crippen LogP contribution in [0.4, 0.5) is 0 Å². The molecule has 1 aliphatic rings. The Hall–Kier alpha value is -2.38. The lowest BCUT2D eigenvalue weighted by molar-refractivity contribution is -0.122. The van der Waals surface area contributed by atoms with Gasteiger partial charge in [-0.15, -0.1) is 0 Å². The lowest BCUT2D eigenvalue weighted by Gasteiger charge is -2.34. The third kappa shape index (κ3) is 5.83. The minimum atomic E-state index is -3.65.